The first kappa shape index (κ1) is 20.3. The second-order valence-electron chi connectivity index (χ2n) is 8.10. The number of piperidine rings is 1. The Labute approximate surface area is 175 Å². The maximum absolute atomic E-state index is 12.8. The quantitative estimate of drug-likeness (QED) is 0.691. The molecule has 9 nitrogen and oxygen atoms in total. The number of hydrogen-bond donors (Lipinski definition) is 1. The fraction of sp³-hybridized carbons (Fsp3) is 0.571. The molecule has 160 valence electrons. The number of carbonyl (C=O) groups excluding carboxylic acids is 1. The summed E-state index contributed by atoms with van der Waals surface area (Å²) in [6.07, 6.45) is 2.98. The van der Waals surface area contributed by atoms with E-state index in [0.29, 0.717) is 31.6 Å². The van der Waals surface area contributed by atoms with E-state index in [9.17, 15) is 9.59 Å². The van der Waals surface area contributed by atoms with Crippen molar-refractivity contribution < 1.29 is 4.79 Å². The standard InChI is InChI=1S/C21H29N7O2/c1-5-17-13(2)22-19-11-18(25-28(19)21(17)30)16-7-6-9-26(12-16)20(29)8-10-27-15(4)23-14(3)24-27/h11,16,25H,5-10,12H2,1-4H3. The molecule has 1 atom stereocenters. The Balaban J connectivity index is 1.48. The van der Waals surface area contributed by atoms with Gasteiger partial charge in [0.2, 0.25) is 5.91 Å². The first-order valence-corrected chi connectivity index (χ1v) is 10.6. The Kier molecular flexibility index (Phi) is 5.44. The minimum atomic E-state index is -0.0338. The van der Waals surface area contributed by atoms with E-state index in [0.717, 1.165) is 48.0 Å². The normalized spacial score (nSPS) is 17.1. The Morgan fingerprint density at radius 3 is 2.77 bits per heavy atom. The summed E-state index contributed by atoms with van der Waals surface area (Å²) in [5, 5.41) is 7.58. The summed E-state index contributed by atoms with van der Waals surface area (Å²) < 4.78 is 3.33. The highest BCUT2D eigenvalue weighted by atomic mass is 16.2. The molecule has 9 heteroatoms. The number of likely N-dealkylation sites (tertiary alicyclic amines) is 1. The molecular formula is C21H29N7O2. The van der Waals surface area contributed by atoms with Gasteiger partial charge in [-0.1, -0.05) is 6.92 Å². The van der Waals surface area contributed by atoms with Crippen molar-refractivity contribution in [1.82, 2.24) is 34.3 Å². The summed E-state index contributed by atoms with van der Waals surface area (Å²) in [7, 11) is 0. The number of amides is 1. The fourth-order valence-corrected chi connectivity index (χ4v) is 4.39. The molecule has 0 aromatic carbocycles. The van der Waals surface area contributed by atoms with E-state index in [1.165, 1.54) is 4.52 Å². The third-order valence-electron chi connectivity index (χ3n) is 6.00. The van der Waals surface area contributed by atoms with Gasteiger partial charge in [0.1, 0.15) is 11.6 Å². The van der Waals surface area contributed by atoms with Gasteiger partial charge < -0.3 is 4.90 Å². The van der Waals surface area contributed by atoms with Crippen molar-refractivity contribution >= 4 is 11.6 Å². The third kappa shape index (κ3) is 3.76. The molecule has 1 amide bonds. The van der Waals surface area contributed by atoms with E-state index >= 15 is 0 Å². The van der Waals surface area contributed by atoms with Crippen LogP contribution in [0.4, 0.5) is 0 Å². The minimum Gasteiger partial charge on any atom is -0.342 e. The number of H-pyrrole nitrogens is 1. The largest absolute Gasteiger partial charge is 0.342 e. The average Bonchev–Trinajstić information content (AvgIpc) is 3.29. The van der Waals surface area contributed by atoms with Gasteiger partial charge in [0.15, 0.2) is 5.65 Å². The highest BCUT2D eigenvalue weighted by molar-refractivity contribution is 5.76. The Morgan fingerprint density at radius 1 is 1.27 bits per heavy atom. The molecule has 3 aromatic heterocycles. The molecule has 4 heterocycles. The summed E-state index contributed by atoms with van der Waals surface area (Å²) in [6.45, 7) is 9.56. The first-order chi connectivity index (χ1) is 14.4. The lowest BCUT2D eigenvalue weighted by molar-refractivity contribution is -0.132. The van der Waals surface area contributed by atoms with Gasteiger partial charge in [0, 0.05) is 48.4 Å². The Hall–Kier alpha value is -2.97. The average molecular weight is 412 g/mol. The van der Waals surface area contributed by atoms with Crippen LogP contribution in [-0.4, -0.2) is 53.3 Å². The number of hydrogen-bond acceptors (Lipinski definition) is 5. The molecule has 0 radical (unpaired) electrons. The van der Waals surface area contributed by atoms with Crippen molar-refractivity contribution in [2.24, 2.45) is 0 Å². The van der Waals surface area contributed by atoms with E-state index in [2.05, 4.69) is 20.2 Å². The molecule has 1 fully saturated rings. The van der Waals surface area contributed by atoms with Crippen molar-refractivity contribution in [3.63, 3.8) is 0 Å². The van der Waals surface area contributed by atoms with Crippen LogP contribution < -0.4 is 5.56 Å². The van der Waals surface area contributed by atoms with E-state index < -0.39 is 0 Å². The van der Waals surface area contributed by atoms with Gasteiger partial charge in [-0.15, -0.1) is 0 Å². The smallest absolute Gasteiger partial charge is 0.276 e. The number of aryl methyl sites for hydroxylation is 4. The van der Waals surface area contributed by atoms with Crippen LogP contribution in [0.25, 0.3) is 5.65 Å². The van der Waals surface area contributed by atoms with Crippen molar-refractivity contribution in [2.75, 3.05) is 13.1 Å². The molecular weight excluding hydrogens is 382 g/mol. The lowest BCUT2D eigenvalue weighted by Crippen LogP contribution is -2.39. The van der Waals surface area contributed by atoms with Crippen molar-refractivity contribution in [1.29, 1.82) is 0 Å². The highest BCUT2D eigenvalue weighted by Gasteiger charge is 2.26. The zero-order valence-corrected chi connectivity index (χ0v) is 18.1. The van der Waals surface area contributed by atoms with Gasteiger partial charge in [0.25, 0.3) is 5.56 Å². The molecule has 30 heavy (non-hydrogen) atoms. The molecule has 0 spiro atoms. The maximum Gasteiger partial charge on any atom is 0.276 e. The first-order valence-electron chi connectivity index (χ1n) is 10.6. The molecule has 1 saturated heterocycles. The van der Waals surface area contributed by atoms with Gasteiger partial charge >= 0.3 is 0 Å². The number of carbonyl (C=O) groups is 1. The summed E-state index contributed by atoms with van der Waals surface area (Å²) in [5.74, 6) is 1.85. The molecule has 1 aliphatic rings. The number of rotatable bonds is 5. The molecule has 3 aromatic rings. The van der Waals surface area contributed by atoms with Crippen LogP contribution >= 0.6 is 0 Å². The van der Waals surface area contributed by atoms with Gasteiger partial charge in [-0.25, -0.2) is 19.2 Å². The van der Waals surface area contributed by atoms with Crippen molar-refractivity contribution in [3.05, 3.63) is 45.0 Å². The lowest BCUT2D eigenvalue weighted by atomic mass is 9.94. The van der Waals surface area contributed by atoms with Crippen LogP contribution in [0.3, 0.4) is 0 Å². The SMILES string of the molecule is CCc1c(C)nc2cc(C3CCCN(C(=O)CCn4nc(C)nc4C)C3)[nH]n2c1=O. The zero-order chi connectivity index (χ0) is 21.4. The molecule has 1 aliphatic heterocycles. The molecule has 1 unspecified atom stereocenters. The maximum atomic E-state index is 12.8. The number of nitrogens with one attached hydrogen (secondary N) is 1. The Bertz CT molecular complexity index is 1140. The predicted octanol–water partition coefficient (Wildman–Crippen LogP) is 1.90. The highest BCUT2D eigenvalue weighted by Crippen LogP contribution is 2.27. The topological polar surface area (TPSA) is 101 Å². The third-order valence-corrected chi connectivity index (χ3v) is 6.00. The monoisotopic (exact) mass is 411 g/mol. The van der Waals surface area contributed by atoms with Gasteiger partial charge in [-0.3, -0.25) is 14.7 Å². The van der Waals surface area contributed by atoms with Crippen LogP contribution in [0.2, 0.25) is 0 Å². The summed E-state index contributed by atoms with van der Waals surface area (Å²) in [6, 6.07) is 1.95. The summed E-state index contributed by atoms with van der Waals surface area (Å²) in [5.41, 5.74) is 3.10. The minimum absolute atomic E-state index is 0.0338. The molecule has 0 aliphatic carbocycles. The second kappa shape index (κ2) is 8.04. The van der Waals surface area contributed by atoms with Crippen LogP contribution in [0, 0.1) is 20.8 Å². The number of aromatic amines is 1. The second-order valence-corrected chi connectivity index (χ2v) is 8.10. The molecule has 0 saturated carbocycles. The van der Waals surface area contributed by atoms with Gasteiger partial charge in [-0.05, 0) is 40.0 Å². The van der Waals surface area contributed by atoms with Crippen molar-refractivity contribution in [2.45, 2.75) is 65.8 Å². The molecule has 4 rings (SSSR count). The summed E-state index contributed by atoms with van der Waals surface area (Å²) >= 11 is 0. The van der Waals surface area contributed by atoms with Crippen LogP contribution in [0.15, 0.2) is 10.9 Å². The molecule has 1 N–H and O–H groups in total. The number of fused-ring (bicyclic) bond motifs is 1. The van der Waals surface area contributed by atoms with Crippen molar-refractivity contribution in [3.8, 4) is 0 Å². The van der Waals surface area contributed by atoms with Gasteiger partial charge in [-0.2, -0.15) is 5.10 Å². The van der Waals surface area contributed by atoms with E-state index in [-0.39, 0.29) is 17.4 Å². The zero-order valence-electron chi connectivity index (χ0n) is 18.1. The summed E-state index contributed by atoms with van der Waals surface area (Å²) in [4.78, 5) is 36.3. The predicted molar refractivity (Wildman–Crippen MR) is 113 cm³/mol. The van der Waals surface area contributed by atoms with Crippen LogP contribution in [-0.2, 0) is 17.8 Å². The lowest BCUT2D eigenvalue weighted by Gasteiger charge is -2.32. The van der Waals surface area contributed by atoms with E-state index in [1.807, 2.05) is 38.7 Å². The number of nitrogens with zero attached hydrogens (tertiary/aromatic N) is 6. The molecule has 0 bridgehead atoms. The Morgan fingerprint density at radius 2 is 2.07 bits per heavy atom. The fourth-order valence-electron chi connectivity index (χ4n) is 4.39. The van der Waals surface area contributed by atoms with Crippen LogP contribution in [0.5, 0.6) is 0 Å². The van der Waals surface area contributed by atoms with E-state index in [1.54, 1.807) is 4.68 Å². The number of aromatic nitrogens is 6. The van der Waals surface area contributed by atoms with Crippen LogP contribution in [0.1, 0.15) is 60.7 Å². The van der Waals surface area contributed by atoms with Gasteiger partial charge in [0.05, 0.1) is 6.54 Å². The van der Waals surface area contributed by atoms with E-state index in [4.69, 9.17) is 0 Å².